The lowest BCUT2D eigenvalue weighted by Gasteiger charge is -2.14. The normalized spacial score (nSPS) is 11.0. The predicted octanol–water partition coefficient (Wildman–Crippen LogP) is 1.54. The molecular weight excluding hydrogens is 294 g/mol. The maximum Gasteiger partial charge on any atom is 0.251 e. The number of ether oxygens (including phenoxy) is 1. The van der Waals surface area contributed by atoms with Gasteiger partial charge in [-0.2, -0.15) is 0 Å². The molecule has 1 aromatic rings. The van der Waals surface area contributed by atoms with Gasteiger partial charge in [-0.3, -0.25) is 9.59 Å². The summed E-state index contributed by atoms with van der Waals surface area (Å²) in [6, 6.07) is 4.24. The number of benzene rings is 1. The van der Waals surface area contributed by atoms with E-state index in [1.165, 1.54) is 7.11 Å². The second-order valence-electron chi connectivity index (χ2n) is 4.38. The summed E-state index contributed by atoms with van der Waals surface area (Å²) < 4.78 is 5.17. The summed E-state index contributed by atoms with van der Waals surface area (Å²) in [7, 11) is 3.04. The first-order chi connectivity index (χ1) is 9.53. The van der Waals surface area contributed by atoms with Crippen LogP contribution in [-0.4, -0.2) is 32.0 Å². The second kappa shape index (κ2) is 9.20. The summed E-state index contributed by atoms with van der Waals surface area (Å²) in [6.45, 7) is 1.96. The monoisotopic (exact) mass is 315 g/mol. The van der Waals surface area contributed by atoms with Gasteiger partial charge in [0.05, 0.1) is 18.8 Å². The molecular formula is C14H22ClN3O3. The molecule has 1 rings (SSSR count). The molecule has 118 valence electrons. The van der Waals surface area contributed by atoms with Gasteiger partial charge < -0.3 is 21.1 Å². The Hall–Kier alpha value is -1.79. The molecule has 0 aliphatic carbocycles. The molecule has 0 heterocycles. The number of methoxy groups -OCH3 is 1. The fourth-order valence-electron chi connectivity index (χ4n) is 1.76. The molecule has 0 radical (unpaired) electrons. The smallest absolute Gasteiger partial charge is 0.251 e. The highest BCUT2D eigenvalue weighted by Crippen LogP contribution is 2.25. The zero-order valence-electron chi connectivity index (χ0n) is 12.4. The van der Waals surface area contributed by atoms with Gasteiger partial charge in [-0.25, -0.2) is 0 Å². The van der Waals surface area contributed by atoms with Crippen LogP contribution in [0.15, 0.2) is 18.2 Å². The molecule has 0 fully saturated rings. The van der Waals surface area contributed by atoms with Crippen LogP contribution in [0.1, 0.15) is 30.1 Å². The Morgan fingerprint density at radius 2 is 2.05 bits per heavy atom. The lowest BCUT2D eigenvalue weighted by Crippen LogP contribution is -2.35. The number of carbonyl (C=O) groups is 2. The van der Waals surface area contributed by atoms with Crippen LogP contribution >= 0.6 is 12.4 Å². The van der Waals surface area contributed by atoms with E-state index in [9.17, 15) is 9.59 Å². The number of hydrogen-bond acceptors (Lipinski definition) is 4. The predicted molar refractivity (Wildman–Crippen MR) is 85.1 cm³/mol. The minimum atomic E-state index is -0.576. The molecule has 4 N–H and O–H groups in total. The van der Waals surface area contributed by atoms with Gasteiger partial charge in [-0.15, -0.1) is 12.4 Å². The molecule has 0 aliphatic heterocycles. The fraction of sp³-hybridized carbons (Fsp3) is 0.429. The van der Waals surface area contributed by atoms with Crippen LogP contribution in [0, 0.1) is 0 Å². The molecule has 7 heteroatoms. The van der Waals surface area contributed by atoms with Crippen molar-refractivity contribution in [2.24, 2.45) is 5.73 Å². The minimum absolute atomic E-state index is 0. The summed E-state index contributed by atoms with van der Waals surface area (Å²) in [5, 5.41) is 5.22. The zero-order chi connectivity index (χ0) is 15.1. The van der Waals surface area contributed by atoms with E-state index in [4.69, 9.17) is 10.5 Å². The molecule has 0 aromatic heterocycles. The van der Waals surface area contributed by atoms with Crippen LogP contribution in [0.4, 0.5) is 5.69 Å². The Balaban J connectivity index is 0.00000400. The lowest BCUT2D eigenvalue weighted by molar-refractivity contribution is -0.117. The van der Waals surface area contributed by atoms with Crippen molar-refractivity contribution in [3.8, 4) is 5.75 Å². The molecule has 1 atom stereocenters. The van der Waals surface area contributed by atoms with Crippen LogP contribution in [0.2, 0.25) is 0 Å². The van der Waals surface area contributed by atoms with Crippen molar-refractivity contribution in [2.75, 3.05) is 19.5 Å². The van der Waals surface area contributed by atoms with Crippen LogP contribution in [0.5, 0.6) is 5.75 Å². The van der Waals surface area contributed by atoms with E-state index >= 15 is 0 Å². The van der Waals surface area contributed by atoms with Crippen molar-refractivity contribution in [2.45, 2.75) is 25.8 Å². The maximum atomic E-state index is 11.9. The third kappa shape index (κ3) is 5.24. The van der Waals surface area contributed by atoms with Gasteiger partial charge in [0, 0.05) is 12.6 Å². The van der Waals surface area contributed by atoms with E-state index < -0.39 is 6.04 Å². The highest BCUT2D eigenvalue weighted by molar-refractivity contribution is 5.99. The van der Waals surface area contributed by atoms with Crippen molar-refractivity contribution in [3.63, 3.8) is 0 Å². The number of anilines is 1. The molecule has 2 amide bonds. The minimum Gasteiger partial charge on any atom is -0.495 e. The third-order valence-corrected chi connectivity index (χ3v) is 2.88. The Morgan fingerprint density at radius 3 is 2.57 bits per heavy atom. The average Bonchev–Trinajstić information content (AvgIpc) is 2.46. The Bertz CT molecular complexity index is 494. The van der Waals surface area contributed by atoms with Crippen LogP contribution < -0.4 is 21.1 Å². The van der Waals surface area contributed by atoms with E-state index in [1.807, 2.05) is 6.92 Å². The molecule has 0 bridgehead atoms. The highest BCUT2D eigenvalue weighted by atomic mass is 35.5. The van der Waals surface area contributed by atoms with Crippen molar-refractivity contribution < 1.29 is 14.3 Å². The second-order valence-corrected chi connectivity index (χ2v) is 4.38. The molecule has 0 saturated heterocycles. The first-order valence-corrected chi connectivity index (χ1v) is 6.50. The van der Waals surface area contributed by atoms with Crippen molar-refractivity contribution in [1.82, 2.24) is 5.32 Å². The van der Waals surface area contributed by atoms with E-state index in [-0.39, 0.29) is 24.2 Å². The average molecular weight is 316 g/mol. The Labute approximate surface area is 130 Å². The molecule has 0 saturated carbocycles. The van der Waals surface area contributed by atoms with Gasteiger partial charge in [0.15, 0.2) is 0 Å². The van der Waals surface area contributed by atoms with Crippen molar-refractivity contribution >= 4 is 29.9 Å². The number of amides is 2. The highest BCUT2D eigenvalue weighted by Gasteiger charge is 2.16. The summed E-state index contributed by atoms with van der Waals surface area (Å²) in [6.07, 6.45) is 1.42. The lowest BCUT2D eigenvalue weighted by atomic mass is 10.1. The van der Waals surface area contributed by atoms with E-state index in [2.05, 4.69) is 10.6 Å². The topological polar surface area (TPSA) is 93.5 Å². The van der Waals surface area contributed by atoms with Gasteiger partial charge in [-0.05, 0) is 24.6 Å². The third-order valence-electron chi connectivity index (χ3n) is 2.88. The number of rotatable bonds is 6. The summed E-state index contributed by atoms with van der Waals surface area (Å²) in [5.74, 6) is -0.0464. The van der Waals surface area contributed by atoms with Crippen molar-refractivity contribution in [1.29, 1.82) is 0 Å². The van der Waals surface area contributed by atoms with Gasteiger partial charge in [0.25, 0.3) is 5.91 Å². The van der Waals surface area contributed by atoms with Crippen LogP contribution in [0.3, 0.4) is 0 Å². The number of carbonyl (C=O) groups excluding carboxylic acids is 2. The number of nitrogens with one attached hydrogen (secondary N) is 2. The summed E-state index contributed by atoms with van der Waals surface area (Å²) in [5.41, 5.74) is 6.63. The van der Waals surface area contributed by atoms with E-state index in [0.717, 1.165) is 6.42 Å². The van der Waals surface area contributed by atoms with Crippen LogP contribution in [-0.2, 0) is 4.79 Å². The molecule has 1 unspecified atom stereocenters. The summed E-state index contributed by atoms with van der Waals surface area (Å²) >= 11 is 0. The Kier molecular flexibility index (Phi) is 8.42. The number of halogens is 1. The number of hydrogen-bond donors (Lipinski definition) is 3. The van der Waals surface area contributed by atoms with E-state index in [1.54, 1.807) is 25.2 Å². The maximum absolute atomic E-state index is 11.9. The molecule has 1 aromatic carbocycles. The molecule has 0 spiro atoms. The van der Waals surface area contributed by atoms with Gasteiger partial charge in [0.2, 0.25) is 5.91 Å². The van der Waals surface area contributed by atoms with Crippen LogP contribution in [0.25, 0.3) is 0 Å². The first-order valence-electron chi connectivity index (χ1n) is 6.50. The molecule has 21 heavy (non-hydrogen) atoms. The first kappa shape index (κ1) is 19.2. The largest absolute Gasteiger partial charge is 0.495 e. The summed E-state index contributed by atoms with van der Waals surface area (Å²) in [4.78, 5) is 23.5. The number of nitrogens with two attached hydrogens (primary N) is 1. The van der Waals surface area contributed by atoms with Gasteiger partial charge >= 0.3 is 0 Å². The SMILES string of the molecule is CCCC(N)C(=O)Nc1cc(C(=O)NC)ccc1OC.Cl. The fourth-order valence-corrected chi connectivity index (χ4v) is 1.76. The Morgan fingerprint density at radius 1 is 1.38 bits per heavy atom. The molecule has 6 nitrogen and oxygen atoms in total. The zero-order valence-corrected chi connectivity index (χ0v) is 13.3. The quantitative estimate of drug-likeness (QED) is 0.742. The van der Waals surface area contributed by atoms with Gasteiger partial charge in [0.1, 0.15) is 5.75 Å². The standard InChI is InChI=1S/C14H21N3O3.ClH/c1-4-5-10(15)14(19)17-11-8-9(13(18)16-2)6-7-12(11)20-3;/h6-8,10H,4-5,15H2,1-3H3,(H,16,18)(H,17,19);1H. The van der Waals surface area contributed by atoms with Gasteiger partial charge in [-0.1, -0.05) is 13.3 Å². The van der Waals surface area contributed by atoms with Crippen molar-refractivity contribution in [3.05, 3.63) is 23.8 Å². The van der Waals surface area contributed by atoms with E-state index in [0.29, 0.717) is 23.4 Å². The molecule has 0 aliphatic rings.